The molecule has 2 aliphatic heterocycles. The van der Waals surface area contributed by atoms with Crippen molar-refractivity contribution in [3.8, 4) is 0 Å². The summed E-state index contributed by atoms with van der Waals surface area (Å²) < 4.78 is 0. The number of carbonyl (C=O) groups excluding carboxylic acids is 1. The van der Waals surface area contributed by atoms with Crippen LogP contribution in [0.4, 0.5) is 0 Å². The van der Waals surface area contributed by atoms with Crippen LogP contribution in [-0.4, -0.2) is 11.6 Å². The van der Waals surface area contributed by atoms with Crippen molar-refractivity contribution in [2.24, 2.45) is 4.99 Å². The Labute approximate surface area is 93.9 Å². The third kappa shape index (κ3) is 1.36. The van der Waals surface area contributed by atoms with Crippen LogP contribution in [0.2, 0.25) is 0 Å². The molecule has 16 heavy (non-hydrogen) atoms. The molecule has 2 aliphatic rings. The topological polar surface area (TPSA) is 41.5 Å². The lowest BCUT2D eigenvalue weighted by Gasteiger charge is -2.04. The van der Waals surface area contributed by atoms with Gasteiger partial charge in [0.25, 0.3) is 5.91 Å². The van der Waals surface area contributed by atoms with Crippen molar-refractivity contribution in [2.45, 2.75) is 19.9 Å². The fraction of sp³-hybridized carbons (Fsp3) is 0.231. The SMILES string of the molecule is CC1=NC=C(c2ccc3c(c2)C(=O)NC3)C1. The van der Waals surface area contributed by atoms with E-state index in [1.807, 2.05) is 25.3 Å². The summed E-state index contributed by atoms with van der Waals surface area (Å²) in [4.78, 5) is 15.8. The molecule has 0 aromatic heterocycles. The van der Waals surface area contributed by atoms with Gasteiger partial charge in [0.1, 0.15) is 0 Å². The van der Waals surface area contributed by atoms with Crippen LogP contribution in [0.25, 0.3) is 5.57 Å². The second-order valence-electron chi connectivity index (χ2n) is 4.25. The summed E-state index contributed by atoms with van der Waals surface area (Å²) in [6, 6.07) is 6.06. The number of nitrogens with one attached hydrogen (secondary N) is 1. The smallest absolute Gasteiger partial charge is 0.251 e. The second kappa shape index (κ2) is 3.30. The zero-order chi connectivity index (χ0) is 11.1. The average Bonchev–Trinajstić information content (AvgIpc) is 2.86. The number of aliphatic imine (C=N–C) groups is 1. The lowest BCUT2D eigenvalue weighted by atomic mass is 9.99. The molecule has 0 saturated carbocycles. The number of amides is 1. The first kappa shape index (κ1) is 9.33. The molecule has 0 bridgehead atoms. The van der Waals surface area contributed by atoms with Crippen molar-refractivity contribution in [2.75, 3.05) is 0 Å². The van der Waals surface area contributed by atoms with Crippen LogP contribution in [0, 0.1) is 0 Å². The molecule has 1 amide bonds. The Bertz CT molecular complexity index is 541. The van der Waals surface area contributed by atoms with E-state index < -0.39 is 0 Å². The van der Waals surface area contributed by atoms with Crippen LogP contribution >= 0.6 is 0 Å². The predicted octanol–water partition coefficient (Wildman–Crippen LogP) is 2.14. The first-order valence-corrected chi connectivity index (χ1v) is 5.38. The number of carbonyl (C=O) groups is 1. The summed E-state index contributed by atoms with van der Waals surface area (Å²) in [5.41, 5.74) is 5.32. The third-order valence-electron chi connectivity index (χ3n) is 3.05. The molecule has 0 saturated heterocycles. The summed E-state index contributed by atoms with van der Waals surface area (Å²) in [5, 5.41) is 2.82. The highest BCUT2D eigenvalue weighted by Gasteiger charge is 2.20. The number of allylic oxidation sites excluding steroid dienone is 1. The minimum absolute atomic E-state index is 0.0353. The number of nitrogens with zero attached hydrogens (tertiary/aromatic N) is 1. The van der Waals surface area contributed by atoms with Crippen molar-refractivity contribution in [3.05, 3.63) is 41.1 Å². The molecule has 0 aliphatic carbocycles. The van der Waals surface area contributed by atoms with Gasteiger partial charge in [0, 0.05) is 30.4 Å². The number of rotatable bonds is 1. The van der Waals surface area contributed by atoms with Crippen molar-refractivity contribution in [1.29, 1.82) is 0 Å². The molecule has 0 fully saturated rings. The van der Waals surface area contributed by atoms with Gasteiger partial charge in [-0.15, -0.1) is 0 Å². The highest BCUT2D eigenvalue weighted by Crippen LogP contribution is 2.27. The minimum atomic E-state index is 0.0353. The summed E-state index contributed by atoms with van der Waals surface area (Å²) in [6.45, 7) is 2.67. The van der Waals surface area contributed by atoms with Crippen LogP contribution in [0.3, 0.4) is 0 Å². The maximum absolute atomic E-state index is 11.5. The minimum Gasteiger partial charge on any atom is -0.348 e. The molecule has 0 spiro atoms. The Hall–Kier alpha value is -1.90. The summed E-state index contributed by atoms with van der Waals surface area (Å²) in [5.74, 6) is 0.0353. The molecule has 0 atom stereocenters. The quantitative estimate of drug-likeness (QED) is 0.761. The van der Waals surface area contributed by atoms with E-state index in [1.54, 1.807) is 0 Å². The number of benzene rings is 1. The number of fused-ring (bicyclic) bond motifs is 1. The lowest BCUT2D eigenvalue weighted by molar-refractivity contribution is 0.0965. The summed E-state index contributed by atoms with van der Waals surface area (Å²) >= 11 is 0. The second-order valence-corrected chi connectivity index (χ2v) is 4.25. The van der Waals surface area contributed by atoms with Crippen LogP contribution < -0.4 is 5.32 Å². The molecular formula is C13H12N2O. The predicted molar refractivity (Wildman–Crippen MR) is 63.3 cm³/mol. The molecule has 3 rings (SSSR count). The van der Waals surface area contributed by atoms with Gasteiger partial charge in [-0.25, -0.2) is 0 Å². The molecule has 2 heterocycles. The third-order valence-corrected chi connectivity index (χ3v) is 3.05. The van der Waals surface area contributed by atoms with E-state index >= 15 is 0 Å². The molecule has 3 heteroatoms. The number of hydrogen-bond donors (Lipinski definition) is 1. The highest BCUT2D eigenvalue weighted by atomic mass is 16.1. The van der Waals surface area contributed by atoms with Crippen LogP contribution in [0.5, 0.6) is 0 Å². The molecule has 1 N–H and O–H groups in total. The Morgan fingerprint density at radius 1 is 1.38 bits per heavy atom. The van der Waals surface area contributed by atoms with Crippen molar-refractivity contribution >= 4 is 17.2 Å². The maximum Gasteiger partial charge on any atom is 0.251 e. The molecular weight excluding hydrogens is 200 g/mol. The zero-order valence-electron chi connectivity index (χ0n) is 9.08. The highest BCUT2D eigenvalue weighted by molar-refractivity contribution is 6.01. The van der Waals surface area contributed by atoms with Crippen molar-refractivity contribution in [1.82, 2.24) is 5.32 Å². The Kier molecular flexibility index (Phi) is 1.93. The zero-order valence-corrected chi connectivity index (χ0v) is 9.08. The van der Waals surface area contributed by atoms with Gasteiger partial charge in [-0.1, -0.05) is 12.1 Å². The Balaban J connectivity index is 1.99. The van der Waals surface area contributed by atoms with E-state index in [-0.39, 0.29) is 5.91 Å². The summed E-state index contributed by atoms with van der Waals surface area (Å²) in [7, 11) is 0. The average molecular weight is 212 g/mol. The van der Waals surface area contributed by atoms with Gasteiger partial charge in [0.2, 0.25) is 0 Å². The van der Waals surface area contributed by atoms with E-state index in [9.17, 15) is 4.79 Å². The van der Waals surface area contributed by atoms with Crippen molar-refractivity contribution < 1.29 is 4.79 Å². The molecule has 1 aromatic rings. The Morgan fingerprint density at radius 2 is 2.25 bits per heavy atom. The van der Waals surface area contributed by atoms with Crippen LogP contribution in [0.1, 0.15) is 34.8 Å². The number of hydrogen-bond acceptors (Lipinski definition) is 2. The monoisotopic (exact) mass is 212 g/mol. The fourth-order valence-corrected chi connectivity index (χ4v) is 2.14. The molecule has 0 radical (unpaired) electrons. The van der Waals surface area contributed by atoms with E-state index in [2.05, 4.69) is 16.4 Å². The fourth-order valence-electron chi connectivity index (χ4n) is 2.14. The Morgan fingerprint density at radius 3 is 3.00 bits per heavy atom. The standard InChI is InChI=1S/C13H12N2O/c1-8-4-11(7-14-8)9-2-3-10-6-15-13(16)12(10)5-9/h2-3,5,7H,4,6H2,1H3,(H,15,16). The van der Waals surface area contributed by atoms with Gasteiger partial charge in [-0.05, 0) is 29.7 Å². The molecule has 0 unspecified atom stereocenters. The van der Waals surface area contributed by atoms with Crippen LogP contribution in [-0.2, 0) is 6.54 Å². The molecule has 1 aromatic carbocycles. The normalized spacial score (nSPS) is 17.9. The van der Waals surface area contributed by atoms with Gasteiger partial charge in [0.05, 0.1) is 0 Å². The van der Waals surface area contributed by atoms with Gasteiger partial charge in [-0.2, -0.15) is 0 Å². The van der Waals surface area contributed by atoms with Gasteiger partial charge in [0.15, 0.2) is 0 Å². The summed E-state index contributed by atoms with van der Waals surface area (Å²) in [6.07, 6.45) is 2.78. The van der Waals surface area contributed by atoms with Gasteiger partial charge in [-0.3, -0.25) is 9.79 Å². The maximum atomic E-state index is 11.5. The molecule has 3 nitrogen and oxygen atoms in total. The first-order valence-electron chi connectivity index (χ1n) is 5.38. The van der Waals surface area contributed by atoms with E-state index in [0.29, 0.717) is 6.54 Å². The van der Waals surface area contributed by atoms with E-state index in [4.69, 9.17) is 0 Å². The molecule has 80 valence electrons. The van der Waals surface area contributed by atoms with E-state index in [0.717, 1.165) is 28.8 Å². The lowest BCUT2D eigenvalue weighted by Crippen LogP contribution is -2.12. The van der Waals surface area contributed by atoms with Gasteiger partial charge >= 0.3 is 0 Å². The van der Waals surface area contributed by atoms with Crippen LogP contribution in [0.15, 0.2) is 29.4 Å². The van der Waals surface area contributed by atoms with Gasteiger partial charge < -0.3 is 5.32 Å². The van der Waals surface area contributed by atoms with E-state index in [1.165, 1.54) is 5.57 Å². The van der Waals surface area contributed by atoms with Crippen molar-refractivity contribution in [3.63, 3.8) is 0 Å². The largest absolute Gasteiger partial charge is 0.348 e. The first-order chi connectivity index (χ1) is 7.74.